The lowest BCUT2D eigenvalue weighted by molar-refractivity contribution is 0.321. The molecule has 1 saturated carbocycles. The largest absolute Gasteiger partial charge is 0.370 e. The van der Waals surface area contributed by atoms with Gasteiger partial charge in [0.25, 0.3) is 0 Å². The molecule has 16 heavy (non-hydrogen) atoms. The molecule has 2 atom stereocenters. The molecule has 1 aromatic heterocycles. The van der Waals surface area contributed by atoms with Gasteiger partial charge in [0.15, 0.2) is 0 Å². The summed E-state index contributed by atoms with van der Waals surface area (Å²) in [5.74, 6) is 1.58. The summed E-state index contributed by atoms with van der Waals surface area (Å²) in [5.41, 5.74) is 7.17. The average Bonchev–Trinajstić information content (AvgIpc) is 2.28. The predicted octanol–water partition coefficient (Wildman–Crippen LogP) is 2.32. The van der Waals surface area contributed by atoms with Gasteiger partial charge < -0.3 is 11.1 Å². The number of aryl methyl sites for hydroxylation is 1. The van der Waals surface area contributed by atoms with Crippen molar-refractivity contribution in [3.8, 4) is 0 Å². The van der Waals surface area contributed by atoms with Crippen LogP contribution in [-0.4, -0.2) is 17.6 Å². The normalized spacial score (nSPS) is 25.4. The summed E-state index contributed by atoms with van der Waals surface area (Å²) in [6.45, 7) is 2.97. The van der Waals surface area contributed by atoms with Crippen molar-refractivity contribution >= 4 is 5.82 Å². The third-order valence-electron chi connectivity index (χ3n) is 3.40. The molecular formula is C13H21N3. The van der Waals surface area contributed by atoms with Gasteiger partial charge >= 0.3 is 0 Å². The van der Waals surface area contributed by atoms with E-state index >= 15 is 0 Å². The maximum atomic E-state index is 6.11. The zero-order chi connectivity index (χ0) is 11.4. The molecule has 1 aliphatic carbocycles. The van der Waals surface area contributed by atoms with Crippen LogP contribution >= 0.6 is 0 Å². The van der Waals surface area contributed by atoms with E-state index in [4.69, 9.17) is 5.73 Å². The Bertz CT molecular complexity index is 338. The number of hydrogen-bond donors (Lipinski definition) is 2. The summed E-state index contributed by atoms with van der Waals surface area (Å²) < 4.78 is 0. The van der Waals surface area contributed by atoms with Gasteiger partial charge in [-0.25, -0.2) is 4.98 Å². The van der Waals surface area contributed by atoms with Gasteiger partial charge in [0.05, 0.1) is 0 Å². The smallest absolute Gasteiger partial charge is 0.126 e. The molecule has 0 saturated heterocycles. The summed E-state index contributed by atoms with van der Waals surface area (Å²) in [5, 5.41) is 3.39. The van der Waals surface area contributed by atoms with E-state index in [0.717, 1.165) is 18.1 Å². The minimum atomic E-state index is 0.367. The molecule has 3 N–H and O–H groups in total. The number of pyridine rings is 1. The van der Waals surface area contributed by atoms with E-state index in [1.807, 2.05) is 25.1 Å². The quantitative estimate of drug-likeness (QED) is 0.820. The second-order valence-electron chi connectivity index (χ2n) is 4.75. The summed E-state index contributed by atoms with van der Waals surface area (Å²) in [7, 11) is 0. The van der Waals surface area contributed by atoms with Crippen LogP contribution in [0.5, 0.6) is 0 Å². The van der Waals surface area contributed by atoms with E-state index in [0.29, 0.717) is 12.0 Å². The van der Waals surface area contributed by atoms with Crippen molar-refractivity contribution in [3.05, 3.63) is 23.9 Å². The number of rotatable bonds is 3. The van der Waals surface area contributed by atoms with Gasteiger partial charge in [0, 0.05) is 18.3 Å². The van der Waals surface area contributed by atoms with Crippen LogP contribution in [0.25, 0.3) is 0 Å². The van der Waals surface area contributed by atoms with Crippen molar-refractivity contribution in [2.45, 2.75) is 38.6 Å². The van der Waals surface area contributed by atoms with Gasteiger partial charge in [-0.1, -0.05) is 18.9 Å². The fraction of sp³-hybridized carbons (Fsp3) is 0.615. The summed E-state index contributed by atoms with van der Waals surface area (Å²) >= 11 is 0. The van der Waals surface area contributed by atoms with Gasteiger partial charge in [0.1, 0.15) is 5.82 Å². The molecule has 0 aromatic carbocycles. The number of nitrogens with one attached hydrogen (secondary N) is 1. The fourth-order valence-corrected chi connectivity index (χ4v) is 2.37. The Morgan fingerprint density at radius 3 is 2.94 bits per heavy atom. The molecule has 1 fully saturated rings. The molecule has 0 amide bonds. The molecule has 0 spiro atoms. The SMILES string of the molecule is Cc1cccc(NCC2CCCCC2N)n1. The lowest BCUT2D eigenvalue weighted by Crippen LogP contribution is -2.37. The molecule has 2 rings (SSSR count). The first-order valence-corrected chi connectivity index (χ1v) is 6.19. The van der Waals surface area contributed by atoms with Crippen molar-refractivity contribution in [2.75, 3.05) is 11.9 Å². The molecule has 3 nitrogen and oxygen atoms in total. The fourth-order valence-electron chi connectivity index (χ4n) is 2.37. The molecule has 2 unspecified atom stereocenters. The van der Waals surface area contributed by atoms with E-state index < -0.39 is 0 Å². The van der Waals surface area contributed by atoms with Gasteiger partial charge in [-0.15, -0.1) is 0 Å². The van der Waals surface area contributed by atoms with Crippen LogP contribution in [0.4, 0.5) is 5.82 Å². The first-order chi connectivity index (χ1) is 7.75. The highest BCUT2D eigenvalue weighted by atomic mass is 15.0. The van der Waals surface area contributed by atoms with E-state index in [1.165, 1.54) is 25.7 Å². The lowest BCUT2D eigenvalue weighted by Gasteiger charge is -2.28. The number of anilines is 1. The number of aromatic nitrogens is 1. The minimum absolute atomic E-state index is 0.367. The Morgan fingerprint density at radius 1 is 1.38 bits per heavy atom. The van der Waals surface area contributed by atoms with Crippen molar-refractivity contribution in [2.24, 2.45) is 11.7 Å². The maximum Gasteiger partial charge on any atom is 0.126 e. The summed E-state index contributed by atoms with van der Waals surface area (Å²) in [4.78, 5) is 4.43. The zero-order valence-corrected chi connectivity index (χ0v) is 9.95. The second-order valence-corrected chi connectivity index (χ2v) is 4.75. The number of nitrogens with two attached hydrogens (primary N) is 1. The Kier molecular flexibility index (Phi) is 3.78. The lowest BCUT2D eigenvalue weighted by atomic mass is 9.85. The molecule has 0 bridgehead atoms. The molecule has 3 heteroatoms. The molecule has 1 aliphatic rings. The van der Waals surface area contributed by atoms with Crippen molar-refractivity contribution in [3.63, 3.8) is 0 Å². The van der Waals surface area contributed by atoms with E-state index in [-0.39, 0.29) is 0 Å². The van der Waals surface area contributed by atoms with Crippen molar-refractivity contribution in [1.29, 1.82) is 0 Å². The van der Waals surface area contributed by atoms with Crippen LogP contribution in [0.15, 0.2) is 18.2 Å². The zero-order valence-electron chi connectivity index (χ0n) is 9.95. The molecule has 1 aromatic rings. The van der Waals surface area contributed by atoms with Crippen LogP contribution in [0.3, 0.4) is 0 Å². The maximum absolute atomic E-state index is 6.11. The topological polar surface area (TPSA) is 50.9 Å². The van der Waals surface area contributed by atoms with Crippen LogP contribution in [-0.2, 0) is 0 Å². The molecule has 1 heterocycles. The van der Waals surface area contributed by atoms with Crippen LogP contribution in [0.2, 0.25) is 0 Å². The first-order valence-electron chi connectivity index (χ1n) is 6.19. The predicted molar refractivity (Wildman–Crippen MR) is 67.4 cm³/mol. The number of hydrogen-bond acceptors (Lipinski definition) is 3. The standard InChI is InChI=1S/C13H21N3/c1-10-5-4-8-13(16-10)15-9-11-6-2-3-7-12(11)14/h4-5,8,11-12H,2-3,6-7,9,14H2,1H3,(H,15,16). The second kappa shape index (κ2) is 5.30. The van der Waals surface area contributed by atoms with Crippen LogP contribution in [0, 0.1) is 12.8 Å². The van der Waals surface area contributed by atoms with Crippen LogP contribution < -0.4 is 11.1 Å². The molecule has 0 aliphatic heterocycles. The van der Waals surface area contributed by atoms with E-state index in [9.17, 15) is 0 Å². The Morgan fingerprint density at radius 2 is 2.19 bits per heavy atom. The highest BCUT2D eigenvalue weighted by molar-refractivity contribution is 5.35. The van der Waals surface area contributed by atoms with Gasteiger partial charge in [-0.05, 0) is 37.8 Å². The number of nitrogens with zero attached hydrogens (tertiary/aromatic N) is 1. The van der Waals surface area contributed by atoms with Crippen molar-refractivity contribution < 1.29 is 0 Å². The highest BCUT2D eigenvalue weighted by Crippen LogP contribution is 2.23. The highest BCUT2D eigenvalue weighted by Gasteiger charge is 2.21. The third kappa shape index (κ3) is 2.95. The molecule has 0 radical (unpaired) electrons. The summed E-state index contributed by atoms with van der Waals surface area (Å²) in [6, 6.07) is 6.43. The van der Waals surface area contributed by atoms with Crippen molar-refractivity contribution in [1.82, 2.24) is 4.98 Å². The van der Waals surface area contributed by atoms with E-state index in [2.05, 4.69) is 10.3 Å². The first kappa shape index (κ1) is 11.4. The van der Waals surface area contributed by atoms with E-state index in [1.54, 1.807) is 0 Å². The third-order valence-corrected chi connectivity index (χ3v) is 3.40. The van der Waals surface area contributed by atoms with Gasteiger partial charge in [0.2, 0.25) is 0 Å². The Labute approximate surface area is 97.5 Å². The minimum Gasteiger partial charge on any atom is -0.370 e. The molecular weight excluding hydrogens is 198 g/mol. The van der Waals surface area contributed by atoms with Crippen LogP contribution in [0.1, 0.15) is 31.4 Å². The van der Waals surface area contributed by atoms with Gasteiger partial charge in [-0.2, -0.15) is 0 Å². The molecule has 88 valence electrons. The van der Waals surface area contributed by atoms with Gasteiger partial charge in [-0.3, -0.25) is 0 Å². The average molecular weight is 219 g/mol. The Balaban J connectivity index is 1.86. The monoisotopic (exact) mass is 219 g/mol. The Hall–Kier alpha value is -1.09. The summed E-state index contributed by atoms with van der Waals surface area (Å²) in [6.07, 6.45) is 5.04.